The standard InChI is InChI=1S/C24H24N2O3S/c1-15-9-10-21-20(13-15)19-7-5-6-8-22(19)30(28,29)26(21)14-23(27)25-24-17(3)11-16(2)12-18(24)4/h5-13H,14H2,1-4H3,(H,25,27). The lowest BCUT2D eigenvalue weighted by Crippen LogP contribution is -2.40. The molecule has 0 spiro atoms. The van der Waals surface area contributed by atoms with Gasteiger partial charge in [-0.05, 0) is 57.0 Å². The fraction of sp³-hybridized carbons (Fsp3) is 0.208. The largest absolute Gasteiger partial charge is 0.324 e. The number of nitrogens with zero attached hydrogens (tertiary/aromatic N) is 1. The summed E-state index contributed by atoms with van der Waals surface area (Å²) in [5.74, 6) is -0.375. The Morgan fingerprint density at radius 2 is 1.53 bits per heavy atom. The van der Waals surface area contributed by atoms with E-state index in [1.54, 1.807) is 18.2 Å². The number of fused-ring (bicyclic) bond motifs is 3. The smallest absolute Gasteiger partial charge is 0.265 e. The van der Waals surface area contributed by atoms with Crippen molar-refractivity contribution in [2.45, 2.75) is 32.6 Å². The number of carbonyl (C=O) groups excluding carboxylic acids is 1. The summed E-state index contributed by atoms with van der Waals surface area (Å²) in [5.41, 5.74) is 6.76. The van der Waals surface area contributed by atoms with E-state index < -0.39 is 10.0 Å². The third-order valence-electron chi connectivity index (χ3n) is 5.39. The summed E-state index contributed by atoms with van der Waals surface area (Å²) in [4.78, 5) is 13.2. The van der Waals surface area contributed by atoms with Crippen LogP contribution in [0.1, 0.15) is 22.3 Å². The van der Waals surface area contributed by atoms with Crippen molar-refractivity contribution in [2.75, 3.05) is 16.2 Å². The lowest BCUT2D eigenvalue weighted by Gasteiger charge is -2.32. The van der Waals surface area contributed by atoms with Crippen LogP contribution in [0.3, 0.4) is 0 Å². The number of carbonyl (C=O) groups is 1. The Hall–Kier alpha value is -3.12. The highest BCUT2D eigenvalue weighted by Crippen LogP contribution is 2.43. The van der Waals surface area contributed by atoms with Gasteiger partial charge in [-0.3, -0.25) is 9.10 Å². The third kappa shape index (κ3) is 3.37. The first-order chi connectivity index (χ1) is 14.2. The predicted molar refractivity (Wildman–Crippen MR) is 120 cm³/mol. The molecule has 3 aromatic rings. The Bertz CT molecular complexity index is 1260. The van der Waals surface area contributed by atoms with Gasteiger partial charge in [0.25, 0.3) is 10.0 Å². The first kappa shape index (κ1) is 20.2. The minimum absolute atomic E-state index is 0.221. The highest BCUT2D eigenvalue weighted by atomic mass is 32.2. The average molecular weight is 421 g/mol. The Balaban J connectivity index is 1.74. The maximum atomic E-state index is 13.4. The number of rotatable bonds is 3. The number of hydrogen-bond donors (Lipinski definition) is 1. The molecular weight excluding hydrogens is 396 g/mol. The molecule has 1 heterocycles. The molecule has 0 unspecified atom stereocenters. The molecule has 0 saturated heterocycles. The fourth-order valence-corrected chi connectivity index (χ4v) is 5.75. The maximum absolute atomic E-state index is 13.4. The van der Waals surface area contributed by atoms with Crippen molar-refractivity contribution in [2.24, 2.45) is 0 Å². The molecule has 6 heteroatoms. The first-order valence-electron chi connectivity index (χ1n) is 9.79. The van der Waals surface area contributed by atoms with Gasteiger partial charge in [-0.15, -0.1) is 0 Å². The van der Waals surface area contributed by atoms with Crippen LogP contribution in [0.2, 0.25) is 0 Å². The van der Waals surface area contributed by atoms with Gasteiger partial charge in [0, 0.05) is 16.8 Å². The summed E-state index contributed by atoms with van der Waals surface area (Å²) in [7, 11) is -3.85. The SMILES string of the molecule is Cc1cc(C)c(NC(=O)CN2c3ccc(C)cc3-c3ccccc3S2(=O)=O)c(C)c1. The molecule has 0 radical (unpaired) electrons. The Labute approximate surface area is 177 Å². The van der Waals surface area contributed by atoms with Crippen LogP contribution in [0.25, 0.3) is 11.1 Å². The molecule has 154 valence electrons. The van der Waals surface area contributed by atoms with E-state index in [-0.39, 0.29) is 17.3 Å². The number of sulfonamides is 1. The highest BCUT2D eigenvalue weighted by Gasteiger charge is 2.35. The molecule has 5 nitrogen and oxygen atoms in total. The molecule has 0 atom stereocenters. The molecule has 0 saturated carbocycles. The molecule has 1 amide bonds. The molecule has 30 heavy (non-hydrogen) atoms. The van der Waals surface area contributed by atoms with E-state index in [4.69, 9.17) is 0 Å². The lowest BCUT2D eigenvalue weighted by atomic mass is 10.0. The highest BCUT2D eigenvalue weighted by molar-refractivity contribution is 7.93. The molecule has 3 aromatic carbocycles. The summed E-state index contributed by atoms with van der Waals surface area (Å²) in [6.07, 6.45) is 0. The Morgan fingerprint density at radius 3 is 2.23 bits per heavy atom. The van der Waals surface area contributed by atoms with Crippen LogP contribution in [-0.2, 0) is 14.8 Å². The zero-order valence-corrected chi connectivity index (χ0v) is 18.3. The summed E-state index contributed by atoms with van der Waals surface area (Å²) in [5, 5.41) is 2.91. The van der Waals surface area contributed by atoms with Gasteiger partial charge in [-0.25, -0.2) is 8.42 Å². The van der Waals surface area contributed by atoms with Gasteiger partial charge >= 0.3 is 0 Å². The summed E-state index contributed by atoms with van der Waals surface area (Å²) >= 11 is 0. The number of hydrogen-bond acceptors (Lipinski definition) is 3. The normalized spacial score (nSPS) is 14.1. The van der Waals surface area contributed by atoms with Gasteiger partial charge in [0.2, 0.25) is 5.91 Å². The number of benzene rings is 3. The molecule has 1 aliphatic heterocycles. The Kier molecular flexibility index (Phi) is 4.90. The van der Waals surface area contributed by atoms with Gasteiger partial charge in [0.1, 0.15) is 6.54 Å². The van der Waals surface area contributed by atoms with Crippen LogP contribution >= 0.6 is 0 Å². The molecular formula is C24H24N2O3S. The summed E-state index contributed by atoms with van der Waals surface area (Å²) in [6, 6.07) is 16.5. The fourth-order valence-electron chi connectivity index (χ4n) is 4.10. The second-order valence-corrected chi connectivity index (χ2v) is 9.68. The van der Waals surface area contributed by atoms with Crippen molar-refractivity contribution in [1.29, 1.82) is 0 Å². The van der Waals surface area contributed by atoms with Crippen LogP contribution in [0.5, 0.6) is 0 Å². The summed E-state index contributed by atoms with van der Waals surface area (Å²) < 4.78 is 27.9. The van der Waals surface area contributed by atoms with Gasteiger partial charge in [0.05, 0.1) is 10.6 Å². The third-order valence-corrected chi connectivity index (χ3v) is 7.21. The second kappa shape index (κ2) is 7.29. The van der Waals surface area contributed by atoms with Crippen molar-refractivity contribution in [3.8, 4) is 11.1 Å². The summed E-state index contributed by atoms with van der Waals surface area (Å²) in [6.45, 7) is 7.54. The van der Waals surface area contributed by atoms with E-state index in [1.165, 1.54) is 4.31 Å². The van der Waals surface area contributed by atoms with Gasteiger partial charge in [-0.1, -0.05) is 47.5 Å². The van der Waals surface area contributed by atoms with Crippen LogP contribution in [0, 0.1) is 27.7 Å². The van der Waals surface area contributed by atoms with Crippen molar-refractivity contribution < 1.29 is 13.2 Å². The van der Waals surface area contributed by atoms with Gasteiger partial charge < -0.3 is 5.32 Å². The first-order valence-corrected chi connectivity index (χ1v) is 11.2. The Morgan fingerprint density at radius 1 is 0.867 bits per heavy atom. The molecule has 1 aliphatic rings. The van der Waals surface area contributed by atoms with E-state index in [0.717, 1.165) is 33.5 Å². The number of aryl methyl sites for hydroxylation is 4. The molecule has 0 bridgehead atoms. The number of nitrogens with one attached hydrogen (secondary N) is 1. The van der Waals surface area contributed by atoms with E-state index in [1.807, 2.05) is 64.1 Å². The molecule has 0 aliphatic carbocycles. The number of anilines is 2. The lowest BCUT2D eigenvalue weighted by molar-refractivity contribution is -0.114. The molecule has 4 rings (SSSR count). The topological polar surface area (TPSA) is 66.5 Å². The van der Waals surface area contributed by atoms with Crippen LogP contribution in [0.4, 0.5) is 11.4 Å². The molecule has 0 fully saturated rings. The van der Waals surface area contributed by atoms with E-state index in [0.29, 0.717) is 11.3 Å². The minimum atomic E-state index is -3.85. The second-order valence-electron chi connectivity index (χ2n) is 7.85. The van der Waals surface area contributed by atoms with Crippen LogP contribution < -0.4 is 9.62 Å². The van der Waals surface area contributed by atoms with Crippen LogP contribution in [0.15, 0.2) is 59.5 Å². The van der Waals surface area contributed by atoms with Gasteiger partial charge in [-0.2, -0.15) is 0 Å². The molecule has 1 N–H and O–H groups in total. The van der Waals surface area contributed by atoms with E-state index in [9.17, 15) is 13.2 Å². The van der Waals surface area contributed by atoms with Gasteiger partial charge in [0.15, 0.2) is 0 Å². The van der Waals surface area contributed by atoms with E-state index in [2.05, 4.69) is 5.32 Å². The zero-order chi connectivity index (χ0) is 21.6. The predicted octanol–water partition coefficient (Wildman–Crippen LogP) is 4.73. The van der Waals surface area contributed by atoms with E-state index >= 15 is 0 Å². The average Bonchev–Trinajstić information content (AvgIpc) is 2.68. The minimum Gasteiger partial charge on any atom is -0.324 e. The van der Waals surface area contributed by atoms with Crippen molar-refractivity contribution >= 4 is 27.3 Å². The zero-order valence-electron chi connectivity index (χ0n) is 17.5. The number of amides is 1. The quantitative estimate of drug-likeness (QED) is 0.666. The maximum Gasteiger partial charge on any atom is 0.265 e. The molecule has 0 aromatic heterocycles. The van der Waals surface area contributed by atoms with Crippen molar-refractivity contribution in [3.05, 3.63) is 76.9 Å². The van der Waals surface area contributed by atoms with Crippen molar-refractivity contribution in [1.82, 2.24) is 0 Å². The van der Waals surface area contributed by atoms with Crippen molar-refractivity contribution in [3.63, 3.8) is 0 Å². The monoisotopic (exact) mass is 420 g/mol. The van der Waals surface area contributed by atoms with Crippen LogP contribution in [-0.4, -0.2) is 20.9 Å².